The third-order valence-corrected chi connectivity index (χ3v) is 2.89. The van der Waals surface area contributed by atoms with Gasteiger partial charge in [0.1, 0.15) is 11.6 Å². The van der Waals surface area contributed by atoms with Crippen molar-refractivity contribution >= 4 is 17.7 Å². The molecule has 2 aromatic rings. The standard InChI is InChI=1S/C17H14N2O/c1-13-7-5-6-8-14(13)11-15(12-18)17(20)19-16-9-3-2-4-10-16/h2-11H,1H3,(H,19,20)/b15-11-. The van der Waals surface area contributed by atoms with Gasteiger partial charge in [0.05, 0.1) is 0 Å². The van der Waals surface area contributed by atoms with E-state index in [1.54, 1.807) is 18.2 Å². The molecule has 0 bridgehead atoms. The minimum Gasteiger partial charge on any atom is -0.321 e. The molecule has 0 aliphatic heterocycles. The van der Waals surface area contributed by atoms with Crippen molar-refractivity contribution in [2.75, 3.05) is 5.32 Å². The van der Waals surface area contributed by atoms with Gasteiger partial charge >= 0.3 is 0 Å². The molecule has 20 heavy (non-hydrogen) atoms. The lowest BCUT2D eigenvalue weighted by atomic mass is 10.1. The van der Waals surface area contributed by atoms with E-state index in [2.05, 4.69) is 5.32 Å². The predicted octanol–water partition coefficient (Wildman–Crippen LogP) is 3.54. The fourth-order valence-corrected chi connectivity index (χ4v) is 1.77. The predicted molar refractivity (Wildman–Crippen MR) is 79.8 cm³/mol. The Morgan fingerprint density at radius 2 is 1.75 bits per heavy atom. The fourth-order valence-electron chi connectivity index (χ4n) is 1.77. The molecule has 3 heteroatoms. The lowest BCUT2D eigenvalue weighted by Crippen LogP contribution is -2.13. The summed E-state index contributed by atoms with van der Waals surface area (Å²) in [6, 6.07) is 18.6. The zero-order valence-corrected chi connectivity index (χ0v) is 11.1. The van der Waals surface area contributed by atoms with Gasteiger partial charge in [-0.15, -0.1) is 0 Å². The van der Waals surface area contributed by atoms with Crippen LogP contribution in [0.15, 0.2) is 60.2 Å². The summed E-state index contributed by atoms with van der Waals surface area (Å²) in [4.78, 5) is 12.1. The normalized spacial score (nSPS) is 10.7. The zero-order valence-electron chi connectivity index (χ0n) is 11.1. The van der Waals surface area contributed by atoms with Gasteiger partial charge in [0.2, 0.25) is 0 Å². The molecule has 0 aliphatic carbocycles. The van der Waals surface area contributed by atoms with Crippen LogP contribution < -0.4 is 5.32 Å². The first-order valence-corrected chi connectivity index (χ1v) is 6.24. The van der Waals surface area contributed by atoms with Crippen LogP contribution in [0.25, 0.3) is 6.08 Å². The molecule has 2 aromatic carbocycles. The number of nitrogens with zero attached hydrogens (tertiary/aromatic N) is 1. The van der Waals surface area contributed by atoms with Crippen LogP contribution in [0.1, 0.15) is 11.1 Å². The SMILES string of the molecule is Cc1ccccc1/C=C(/C#N)C(=O)Nc1ccccc1. The van der Waals surface area contributed by atoms with E-state index in [-0.39, 0.29) is 5.57 Å². The summed E-state index contributed by atoms with van der Waals surface area (Å²) in [7, 11) is 0. The summed E-state index contributed by atoms with van der Waals surface area (Å²) in [5, 5.41) is 11.9. The molecule has 0 heterocycles. The Hall–Kier alpha value is -2.86. The van der Waals surface area contributed by atoms with Gasteiger partial charge in [-0.2, -0.15) is 5.26 Å². The highest BCUT2D eigenvalue weighted by molar-refractivity contribution is 6.09. The summed E-state index contributed by atoms with van der Waals surface area (Å²) in [6.07, 6.45) is 1.60. The number of nitriles is 1. The van der Waals surface area contributed by atoms with Crippen molar-refractivity contribution in [2.45, 2.75) is 6.92 Å². The molecular formula is C17H14N2O. The van der Waals surface area contributed by atoms with E-state index in [1.807, 2.05) is 55.5 Å². The maximum Gasteiger partial charge on any atom is 0.266 e. The van der Waals surface area contributed by atoms with Gasteiger partial charge in [-0.25, -0.2) is 0 Å². The van der Waals surface area contributed by atoms with Crippen LogP contribution in [-0.2, 0) is 4.79 Å². The van der Waals surface area contributed by atoms with Crippen molar-refractivity contribution in [1.82, 2.24) is 0 Å². The average molecular weight is 262 g/mol. The second kappa shape index (κ2) is 6.35. The molecule has 0 atom stereocenters. The van der Waals surface area contributed by atoms with Gasteiger partial charge in [0.25, 0.3) is 5.91 Å². The van der Waals surface area contributed by atoms with E-state index >= 15 is 0 Å². The smallest absolute Gasteiger partial charge is 0.266 e. The van der Waals surface area contributed by atoms with Crippen molar-refractivity contribution in [3.8, 4) is 6.07 Å². The number of carbonyl (C=O) groups is 1. The van der Waals surface area contributed by atoms with Gasteiger partial charge in [-0.1, -0.05) is 42.5 Å². The van der Waals surface area contributed by atoms with E-state index < -0.39 is 5.91 Å². The van der Waals surface area contributed by atoms with Gasteiger partial charge in [-0.05, 0) is 36.3 Å². The first kappa shape index (κ1) is 13.6. The first-order valence-electron chi connectivity index (χ1n) is 6.24. The van der Waals surface area contributed by atoms with Crippen LogP contribution in [0.2, 0.25) is 0 Å². The molecule has 2 rings (SSSR count). The maximum atomic E-state index is 12.1. The molecule has 0 fully saturated rings. The van der Waals surface area contributed by atoms with E-state index in [4.69, 9.17) is 5.26 Å². The Morgan fingerprint density at radius 1 is 1.10 bits per heavy atom. The summed E-state index contributed by atoms with van der Waals surface area (Å²) >= 11 is 0. The van der Waals surface area contributed by atoms with E-state index in [0.29, 0.717) is 5.69 Å². The Balaban J connectivity index is 2.23. The Bertz CT molecular complexity index is 682. The van der Waals surface area contributed by atoms with Gasteiger partial charge in [0.15, 0.2) is 0 Å². The molecule has 1 N–H and O–H groups in total. The third-order valence-electron chi connectivity index (χ3n) is 2.89. The minimum atomic E-state index is -0.401. The number of rotatable bonds is 3. The average Bonchev–Trinajstić information content (AvgIpc) is 2.47. The first-order chi connectivity index (χ1) is 9.70. The van der Waals surface area contributed by atoms with Crippen molar-refractivity contribution in [3.63, 3.8) is 0 Å². The second-order valence-electron chi connectivity index (χ2n) is 4.35. The van der Waals surface area contributed by atoms with Crippen molar-refractivity contribution < 1.29 is 4.79 Å². The van der Waals surface area contributed by atoms with Crippen LogP contribution in [0, 0.1) is 18.3 Å². The fraction of sp³-hybridized carbons (Fsp3) is 0.0588. The highest BCUT2D eigenvalue weighted by Gasteiger charge is 2.09. The molecule has 0 radical (unpaired) electrons. The monoisotopic (exact) mass is 262 g/mol. The summed E-state index contributed by atoms with van der Waals surface area (Å²) in [5.41, 5.74) is 2.65. The van der Waals surface area contributed by atoms with E-state index in [9.17, 15) is 4.79 Å². The van der Waals surface area contributed by atoms with Crippen LogP contribution in [0.4, 0.5) is 5.69 Å². The number of carbonyl (C=O) groups excluding carboxylic acids is 1. The van der Waals surface area contributed by atoms with Crippen LogP contribution in [-0.4, -0.2) is 5.91 Å². The largest absolute Gasteiger partial charge is 0.321 e. The van der Waals surface area contributed by atoms with Crippen molar-refractivity contribution in [3.05, 3.63) is 71.3 Å². The molecular weight excluding hydrogens is 248 g/mol. The molecule has 0 aliphatic rings. The number of hydrogen-bond donors (Lipinski definition) is 1. The van der Waals surface area contributed by atoms with Gasteiger partial charge in [0, 0.05) is 5.69 Å². The number of nitrogens with one attached hydrogen (secondary N) is 1. The molecule has 3 nitrogen and oxygen atoms in total. The molecule has 98 valence electrons. The molecule has 0 aromatic heterocycles. The highest BCUT2D eigenvalue weighted by Crippen LogP contribution is 2.13. The van der Waals surface area contributed by atoms with Crippen LogP contribution in [0.3, 0.4) is 0 Å². The van der Waals surface area contributed by atoms with Crippen LogP contribution >= 0.6 is 0 Å². The Kier molecular flexibility index (Phi) is 4.31. The summed E-state index contributed by atoms with van der Waals surface area (Å²) in [6.45, 7) is 1.94. The molecule has 0 unspecified atom stereocenters. The summed E-state index contributed by atoms with van der Waals surface area (Å²) in [5.74, 6) is -0.401. The van der Waals surface area contributed by atoms with E-state index in [1.165, 1.54) is 0 Å². The maximum absolute atomic E-state index is 12.1. The second-order valence-corrected chi connectivity index (χ2v) is 4.35. The third kappa shape index (κ3) is 3.33. The number of anilines is 1. The van der Waals surface area contributed by atoms with Crippen LogP contribution in [0.5, 0.6) is 0 Å². The number of amides is 1. The summed E-state index contributed by atoms with van der Waals surface area (Å²) < 4.78 is 0. The molecule has 0 spiro atoms. The quantitative estimate of drug-likeness (QED) is 0.679. The topological polar surface area (TPSA) is 52.9 Å². The molecule has 1 amide bonds. The molecule has 0 saturated carbocycles. The lowest BCUT2D eigenvalue weighted by Gasteiger charge is -2.04. The number of benzene rings is 2. The van der Waals surface area contributed by atoms with Crippen molar-refractivity contribution in [1.29, 1.82) is 5.26 Å². The lowest BCUT2D eigenvalue weighted by molar-refractivity contribution is -0.112. The number of hydrogen-bond acceptors (Lipinski definition) is 2. The van der Waals surface area contributed by atoms with Gasteiger partial charge < -0.3 is 5.32 Å². The van der Waals surface area contributed by atoms with Crippen molar-refractivity contribution in [2.24, 2.45) is 0 Å². The highest BCUT2D eigenvalue weighted by atomic mass is 16.1. The minimum absolute atomic E-state index is 0.0863. The zero-order chi connectivity index (χ0) is 14.4. The Morgan fingerprint density at radius 3 is 2.40 bits per heavy atom. The Labute approximate surface area is 118 Å². The number of aryl methyl sites for hydroxylation is 1. The number of para-hydroxylation sites is 1. The molecule has 0 saturated heterocycles. The van der Waals surface area contributed by atoms with E-state index in [0.717, 1.165) is 11.1 Å². The van der Waals surface area contributed by atoms with Gasteiger partial charge in [-0.3, -0.25) is 4.79 Å².